The van der Waals surface area contributed by atoms with Crippen molar-refractivity contribution in [1.82, 2.24) is 14.6 Å². The van der Waals surface area contributed by atoms with Crippen molar-refractivity contribution >= 4 is 40.0 Å². The van der Waals surface area contributed by atoms with Crippen LogP contribution in [-0.4, -0.2) is 33.6 Å². The number of hydrogen-bond acceptors (Lipinski definition) is 6. The highest BCUT2D eigenvalue weighted by Gasteiger charge is 2.10. The summed E-state index contributed by atoms with van der Waals surface area (Å²) >= 11 is 3.21. The van der Waals surface area contributed by atoms with E-state index in [-0.39, 0.29) is 0 Å². The molecule has 2 heterocycles. The van der Waals surface area contributed by atoms with E-state index in [1.54, 1.807) is 22.5 Å². The molecule has 17 heavy (non-hydrogen) atoms. The molecule has 0 saturated heterocycles. The van der Waals surface area contributed by atoms with Crippen molar-refractivity contribution in [1.29, 1.82) is 0 Å². The highest BCUT2D eigenvalue weighted by atomic mass is 32.2. The first-order chi connectivity index (χ1) is 8.22. The number of anilines is 1. The third-order valence-electron chi connectivity index (χ3n) is 1.87. The summed E-state index contributed by atoms with van der Waals surface area (Å²) in [7, 11) is 1.31. The molecular weight excluding hydrogens is 260 g/mol. The van der Waals surface area contributed by atoms with E-state index in [1.165, 1.54) is 18.4 Å². The highest BCUT2D eigenvalue weighted by Crippen LogP contribution is 2.25. The fourth-order valence-electron chi connectivity index (χ4n) is 1.15. The molecule has 8 heteroatoms. The second-order valence-corrected chi connectivity index (χ2v) is 5.48. The minimum atomic E-state index is -0.531. The number of aromatic nitrogens is 3. The monoisotopic (exact) mass is 272 g/mol. The second kappa shape index (κ2) is 5.37. The first kappa shape index (κ1) is 12.2. The maximum absolute atomic E-state index is 11.0. The lowest BCUT2D eigenvalue weighted by molar-refractivity contribution is 0.187. The number of nitrogens with one attached hydrogen (secondary N) is 1. The summed E-state index contributed by atoms with van der Waals surface area (Å²) in [5, 5.41) is 6.84. The number of nitrogens with zero attached hydrogens (tertiary/aromatic N) is 3. The molecule has 2 rings (SSSR count). The summed E-state index contributed by atoms with van der Waals surface area (Å²) in [4.78, 5) is 16.0. The van der Waals surface area contributed by atoms with Gasteiger partial charge in [0.25, 0.3) is 0 Å². The predicted octanol–water partition coefficient (Wildman–Crippen LogP) is 2.47. The van der Waals surface area contributed by atoms with Gasteiger partial charge in [-0.3, -0.25) is 5.32 Å². The van der Waals surface area contributed by atoms with Crippen molar-refractivity contribution in [3.63, 3.8) is 0 Å². The zero-order valence-electron chi connectivity index (χ0n) is 9.47. The normalized spacial score (nSPS) is 10.7. The standard InChI is InChI=1S/C9H12N4O2S2/c1-3-4-16-9-12-13-5-6(10-7(13)17-9)11-8(14)15-2/h5H,3-4H2,1-2H3,(H,11,14). The Hall–Kier alpha value is -1.28. The fraction of sp³-hybridized carbons (Fsp3) is 0.444. The quantitative estimate of drug-likeness (QED) is 0.866. The van der Waals surface area contributed by atoms with Gasteiger partial charge in [-0.2, -0.15) is 4.98 Å². The molecule has 92 valence electrons. The molecule has 2 aromatic heterocycles. The van der Waals surface area contributed by atoms with Crippen LogP contribution in [0.1, 0.15) is 13.3 Å². The number of amides is 1. The molecule has 0 aliphatic rings. The summed E-state index contributed by atoms with van der Waals surface area (Å²) < 4.78 is 7.13. The topological polar surface area (TPSA) is 68.5 Å². The Bertz CT molecular complexity index is 491. The highest BCUT2D eigenvalue weighted by molar-refractivity contribution is 8.01. The molecule has 0 radical (unpaired) electrons. The fourth-order valence-corrected chi connectivity index (χ4v) is 3.00. The van der Waals surface area contributed by atoms with Gasteiger partial charge in [-0.25, -0.2) is 9.31 Å². The molecule has 0 atom stereocenters. The smallest absolute Gasteiger partial charge is 0.412 e. The molecule has 0 aliphatic heterocycles. The zero-order valence-corrected chi connectivity index (χ0v) is 11.1. The Balaban J connectivity index is 2.11. The van der Waals surface area contributed by atoms with Gasteiger partial charge in [0.05, 0.1) is 13.3 Å². The van der Waals surface area contributed by atoms with E-state index in [0.717, 1.165) is 21.5 Å². The van der Waals surface area contributed by atoms with Gasteiger partial charge in [0, 0.05) is 5.75 Å². The van der Waals surface area contributed by atoms with Crippen LogP contribution in [0.3, 0.4) is 0 Å². The third kappa shape index (κ3) is 2.89. The number of hydrogen-bond donors (Lipinski definition) is 1. The number of carbonyl (C=O) groups is 1. The zero-order chi connectivity index (χ0) is 12.3. The molecule has 0 aliphatic carbocycles. The molecular formula is C9H12N4O2S2. The predicted molar refractivity (Wildman–Crippen MR) is 67.9 cm³/mol. The number of thioether (sulfide) groups is 1. The molecule has 0 unspecified atom stereocenters. The molecule has 6 nitrogen and oxygen atoms in total. The van der Waals surface area contributed by atoms with E-state index < -0.39 is 6.09 Å². The van der Waals surface area contributed by atoms with Gasteiger partial charge in [-0.15, -0.1) is 5.10 Å². The van der Waals surface area contributed by atoms with E-state index in [2.05, 4.69) is 27.1 Å². The summed E-state index contributed by atoms with van der Waals surface area (Å²) in [6, 6.07) is 0. The van der Waals surface area contributed by atoms with Crippen molar-refractivity contribution in [3.8, 4) is 0 Å². The van der Waals surface area contributed by atoms with Crippen LogP contribution in [-0.2, 0) is 4.74 Å². The molecule has 0 saturated carbocycles. The van der Waals surface area contributed by atoms with Gasteiger partial charge >= 0.3 is 6.09 Å². The first-order valence-electron chi connectivity index (χ1n) is 5.07. The number of imidazole rings is 1. The van der Waals surface area contributed by atoms with Gasteiger partial charge in [0.1, 0.15) is 0 Å². The third-order valence-corrected chi connectivity index (χ3v) is 4.13. The lowest BCUT2D eigenvalue weighted by atomic mass is 10.6. The minimum absolute atomic E-state index is 0.447. The molecule has 0 bridgehead atoms. The number of carbonyl (C=O) groups excluding carboxylic acids is 1. The average molecular weight is 272 g/mol. The van der Waals surface area contributed by atoms with E-state index in [0.29, 0.717) is 5.82 Å². The van der Waals surface area contributed by atoms with Crippen LogP contribution in [0.4, 0.5) is 10.6 Å². The average Bonchev–Trinajstić information content (AvgIpc) is 2.83. The van der Waals surface area contributed by atoms with Crippen molar-refractivity contribution < 1.29 is 9.53 Å². The van der Waals surface area contributed by atoms with Crippen molar-refractivity contribution in [2.24, 2.45) is 0 Å². The minimum Gasteiger partial charge on any atom is -0.453 e. The van der Waals surface area contributed by atoms with Crippen molar-refractivity contribution in [2.75, 3.05) is 18.2 Å². The lowest BCUT2D eigenvalue weighted by Crippen LogP contribution is -2.10. The molecule has 2 aromatic rings. The van der Waals surface area contributed by atoms with E-state index in [1.807, 2.05) is 0 Å². The molecule has 1 N–H and O–H groups in total. The summed E-state index contributed by atoms with van der Waals surface area (Å²) in [6.45, 7) is 2.13. The van der Waals surface area contributed by atoms with E-state index >= 15 is 0 Å². The Labute approximate surface area is 106 Å². The summed E-state index contributed by atoms with van der Waals surface area (Å²) in [5.74, 6) is 1.49. The van der Waals surface area contributed by atoms with Gasteiger partial charge in [0.15, 0.2) is 10.2 Å². The van der Waals surface area contributed by atoms with E-state index in [4.69, 9.17) is 0 Å². The summed E-state index contributed by atoms with van der Waals surface area (Å²) in [5.41, 5.74) is 0. The van der Waals surface area contributed by atoms with Crippen LogP contribution < -0.4 is 5.32 Å². The maximum atomic E-state index is 11.0. The van der Waals surface area contributed by atoms with Crippen LogP contribution in [0, 0.1) is 0 Å². The van der Waals surface area contributed by atoms with Crippen LogP contribution >= 0.6 is 23.1 Å². The van der Waals surface area contributed by atoms with Crippen molar-refractivity contribution in [3.05, 3.63) is 6.20 Å². The van der Waals surface area contributed by atoms with Gasteiger partial charge in [-0.05, 0) is 6.42 Å². The van der Waals surface area contributed by atoms with Crippen LogP contribution in [0.2, 0.25) is 0 Å². The number of fused-ring (bicyclic) bond motifs is 1. The molecule has 0 fully saturated rings. The van der Waals surface area contributed by atoms with Gasteiger partial charge in [-0.1, -0.05) is 30.0 Å². The largest absolute Gasteiger partial charge is 0.453 e. The maximum Gasteiger partial charge on any atom is 0.412 e. The first-order valence-corrected chi connectivity index (χ1v) is 6.87. The Morgan fingerprint density at radius 2 is 2.53 bits per heavy atom. The SMILES string of the molecule is CCCSc1nn2cc(NC(=O)OC)nc2s1. The molecule has 1 amide bonds. The summed E-state index contributed by atoms with van der Waals surface area (Å²) in [6.07, 6.45) is 2.25. The van der Waals surface area contributed by atoms with Crippen LogP contribution in [0.25, 0.3) is 4.96 Å². The Morgan fingerprint density at radius 1 is 1.71 bits per heavy atom. The number of methoxy groups -OCH3 is 1. The van der Waals surface area contributed by atoms with Gasteiger partial charge < -0.3 is 4.74 Å². The molecule has 0 spiro atoms. The van der Waals surface area contributed by atoms with E-state index in [9.17, 15) is 4.79 Å². The van der Waals surface area contributed by atoms with Crippen molar-refractivity contribution in [2.45, 2.75) is 17.7 Å². The van der Waals surface area contributed by atoms with Crippen LogP contribution in [0.15, 0.2) is 10.5 Å². The number of ether oxygens (including phenoxy) is 1. The lowest BCUT2D eigenvalue weighted by Gasteiger charge is -1.96. The second-order valence-electron chi connectivity index (χ2n) is 3.19. The number of rotatable bonds is 4. The molecule has 0 aromatic carbocycles. The van der Waals surface area contributed by atoms with Crippen LogP contribution in [0.5, 0.6) is 0 Å². The Kier molecular flexibility index (Phi) is 3.85. The Morgan fingerprint density at radius 3 is 3.18 bits per heavy atom. The van der Waals surface area contributed by atoms with Gasteiger partial charge in [0.2, 0.25) is 4.96 Å².